The average molecular weight is 845 g/mol. The van der Waals surface area contributed by atoms with Crippen molar-refractivity contribution in [1.29, 1.82) is 0 Å². The van der Waals surface area contributed by atoms with Crippen LogP contribution in [0.25, 0.3) is 67.1 Å². The van der Waals surface area contributed by atoms with Gasteiger partial charge >= 0.3 is 0 Å². The van der Waals surface area contributed by atoms with Gasteiger partial charge in [0.05, 0.1) is 22.1 Å². The van der Waals surface area contributed by atoms with Crippen molar-refractivity contribution in [2.24, 2.45) is 0 Å². The Bertz CT molecular complexity index is 3470. The Morgan fingerprint density at radius 1 is 0.242 bits per heavy atom. The summed E-state index contributed by atoms with van der Waals surface area (Å²) in [5.74, 6) is 0. The molecule has 0 N–H and O–H groups in total. The Morgan fingerprint density at radius 3 is 0.955 bits per heavy atom. The number of nitrogens with zero attached hydrogens (tertiary/aromatic N) is 4. The average Bonchev–Trinajstić information content (AvgIpc) is 3.90. The van der Waals surface area contributed by atoms with Crippen LogP contribution in [0.15, 0.2) is 255 Å². The van der Waals surface area contributed by atoms with Gasteiger partial charge in [0.25, 0.3) is 0 Å². The van der Waals surface area contributed by atoms with Gasteiger partial charge in [0.15, 0.2) is 0 Å². The summed E-state index contributed by atoms with van der Waals surface area (Å²) in [5, 5.41) is 4.86. The fourth-order valence-electron chi connectivity index (χ4n) is 9.62. The van der Waals surface area contributed by atoms with Crippen LogP contribution in [-0.2, 0) is 0 Å². The molecule has 4 heteroatoms. The fraction of sp³-hybridized carbons (Fsp3) is 0. The highest BCUT2D eigenvalue weighted by molar-refractivity contribution is 6.12. The lowest BCUT2D eigenvalue weighted by Gasteiger charge is -2.26. The normalized spacial score (nSPS) is 11.6. The van der Waals surface area contributed by atoms with E-state index in [9.17, 15) is 0 Å². The molecule has 0 saturated carbocycles. The SMILES string of the molecule is C(=Cc1ccc(N(c2ccc3c(c2)c2ccccc2n3-c2ccccc2)c2ccc3c(c2)c2ccccc2n3-c2ccccc2)cc1)c1ccc(N(c2ccccc2)c2ccccc2)cc1. The van der Waals surface area contributed by atoms with Crippen molar-refractivity contribution >= 4 is 89.9 Å². The summed E-state index contributed by atoms with van der Waals surface area (Å²) in [4.78, 5) is 4.69. The van der Waals surface area contributed by atoms with Crippen LogP contribution in [0.2, 0.25) is 0 Å². The summed E-state index contributed by atoms with van der Waals surface area (Å²) < 4.78 is 4.75. The van der Waals surface area contributed by atoms with Gasteiger partial charge in [-0.25, -0.2) is 0 Å². The van der Waals surface area contributed by atoms with E-state index >= 15 is 0 Å². The van der Waals surface area contributed by atoms with Crippen LogP contribution in [-0.4, -0.2) is 9.13 Å². The second-order valence-electron chi connectivity index (χ2n) is 16.6. The maximum atomic E-state index is 2.40. The number of rotatable bonds is 10. The summed E-state index contributed by atoms with van der Waals surface area (Å²) in [5.41, 5.74) is 15.9. The molecular formula is C62H44N4. The Labute approximate surface area is 384 Å². The first kappa shape index (κ1) is 38.8. The highest BCUT2D eigenvalue weighted by atomic mass is 15.1. The minimum atomic E-state index is 1.08. The van der Waals surface area contributed by atoms with Crippen LogP contribution in [0.1, 0.15) is 11.1 Å². The van der Waals surface area contributed by atoms with Gasteiger partial charge in [0, 0.05) is 67.0 Å². The predicted molar refractivity (Wildman–Crippen MR) is 280 cm³/mol. The fourth-order valence-corrected chi connectivity index (χ4v) is 9.62. The van der Waals surface area contributed by atoms with Gasteiger partial charge in [-0.05, 0) is 132 Å². The third-order valence-electron chi connectivity index (χ3n) is 12.7. The molecule has 4 nitrogen and oxygen atoms in total. The van der Waals surface area contributed by atoms with E-state index in [4.69, 9.17) is 0 Å². The van der Waals surface area contributed by atoms with E-state index in [1.54, 1.807) is 0 Å². The lowest BCUT2D eigenvalue weighted by atomic mass is 10.1. The van der Waals surface area contributed by atoms with E-state index in [1.807, 2.05) is 0 Å². The first-order chi connectivity index (χ1) is 32.7. The van der Waals surface area contributed by atoms with Gasteiger partial charge in [0.2, 0.25) is 0 Å². The summed E-state index contributed by atoms with van der Waals surface area (Å²) in [6, 6.07) is 91.4. The Balaban J connectivity index is 0.940. The largest absolute Gasteiger partial charge is 0.311 e. The molecule has 312 valence electrons. The molecule has 0 aliphatic carbocycles. The number of fused-ring (bicyclic) bond motifs is 6. The van der Waals surface area contributed by atoms with Gasteiger partial charge in [-0.2, -0.15) is 0 Å². The zero-order valence-electron chi connectivity index (χ0n) is 36.2. The quantitative estimate of drug-likeness (QED) is 0.128. The van der Waals surface area contributed by atoms with E-state index in [1.165, 1.54) is 43.6 Å². The molecule has 12 rings (SSSR count). The van der Waals surface area contributed by atoms with Crippen molar-refractivity contribution < 1.29 is 0 Å². The molecule has 10 aromatic carbocycles. The topological polar surface area (TPSA) is 16.3 Å². The van der Waals surface area contributed by atoms with Crippen molar-refractivity contribution in [3.8, 4) is 11.4 Å². The van der Waals surface area contributed by atoms with Crippen LogP contribution in [0.5, 0.6) is 0 Å². The van der Waals surface area contributed by atoms with E-state index in [0.29, 0.717) is 0 Å². The molecule has 12 aromatic rings. The monoisotopic (exact) mass is 844 g/mol. The molecule has 0 aliphatic rings. The molecule has 0 saturated heterocycles. The zero-order chi connectivity index (χ0) is 43.8. The van der Waals surface area contributed by atoms with E-state index in [2.05, 4.69) is 286 Å². The molecule has 0 fully saturated rings. The lowest BCUT2D eigenvalue weighted by Crippen LogP contribution is -2.10. The van der Waals surface area contributed by atoms with Gasteiger partial charge in [-0.3, -0.25) is 0 Å². The maximum absolute atomic E-state index is 2.40. The molecule has 0 radical (unpaired) electrons. The van der Waals surface area contributed by atoms with E-state index < -0.39 is 0 Å². The molecule has 66 heavy (non-hydrogen) atoms. The van der Waals surface area contributed by atoms with Gasteiger partial charge in [-0.15, -0.1) is 0 Å². The number of aromatic nitrogens is 2. The van der Waals surface area contributed by atoms with Gasteiger partial charge < -0.3 is 18.9 Å². The lowest BCUT2D eigenvalue weighted by molar-refractivity contribution is 1.18. The first-order valence-electron chi connectivity index (χ1n) is 22.5. The zero-order valence-corrected chi connectivity index (χ0v) is 36.2. The molecule has 0 bridgehead atoms. The number of hydrogen-bond acceptors (Lipinski definition) is 2. The number of hydrogen-bond donors (Lipinski definition) is 0. The van der Waals surface area contributed by atoms with Crippen LogP contribution >= 0.6 is 0 Å². The highest BCUT2D eigenvalue weighted by Crippen LogP contribution is 2.43. The van der Waals surface area contributed by atoms with Gasteiger partial charge in [0.1, 0.15) is 0 Å². The highest BCUT2D eigenvalue weighted by Gasteiger charge is 2.20. The van der Waals surface area contributed by atoms with Gasteiger partial charge in [-0.1, -0.05) is 146 Å². The summed E-state index contributed by atoms with van der Waals surface area (Å²) >= 11 is 0. The minimum Gasteiger partial charge on any atom is -0.311 e. The first-order valence-corrected chi connectivity index (χ1v) is 22.5. The molecule has 0 unspecified atom stereocenters. The van der Waals surface area contributed by atoms with E-state index in [-0.39, 0.29) is 0 Å². The molecule has 2 aromatic heterocycles. The summed E-state index contributed by atoms with van der Waals surface area (Å²) in [6.45, 7) is 0. The number of para-hydroxylation sites is 6. The molecule has 0 spiro atoms. The maximum Gasteiger partial charge on any atom is 0.0542 e. The third-order valence-corrected chi connectivity index (χ3v) is 12.7. The van der Waals surface area contributed by atoms with Crippen molar-refractivity contribution in [1.82, 2.24) is 9.13 Å². The van der Waals surface area contributed by atoms with Crippen molar-refractivity contribution in [2.75, 3.05) is 9.80 Å². The van der Waals surface area contributed by atoms with Crippen molar-refractivity contribution in [3.63, 3.8) is 0 Å². The predicted octanol–water partition coefficient (Wildman–Crippen LogP) is 17.0. The molecule has 2 heterocycles. The molecular weight excluding hydrogens is 801 g/mol. The standard InChI is InChI=1S/C62H44N4/c1-5-17-47(18-6-1)63(48-19-7-2-8-20-48)51-35-31-45(32-36-51)29-30-46-33-37-52(38-34-46)64(53-39-41-61-57(43-53)55-25-13-15-27-59(55)65(61)49-21-9-3-10-22-49)54-40-42-62-58(44-54)56-26-14-16-28-60(56)66(62)50-23-11-4-12-24-50/h1-44H. The van der Waals surface area contributed by atoms with Crippen molar-refractivity contribution in [2.45, 2.75) is 0 Å². The smallest absolute Gasteiger partial charge is 0.0542 e. The Morgan fingerprint density at radius 2 is 0.545 bits per heavy atom. The van der Waals surface area contributed by atoms with Crippen LogP contribution in [0.4, 0.5) is 34.1 Å². The summed E-state index contributed by atoms with van der Waals surface area (Å²) in [6.07, 6.45) is 4.39. The minimum absolute atomic E-state index is 1.08. The number of benzene rings is 10. The van der Waals surface area contributed by atoms with Crippen LogP contribution < -0.4 is 9.80 Å². The number of anilines is 6. The second kappa shape index (κ2) is 16.7. The summed E-state index contributed by atoms with van der Waals surface area (Å²) in [7, 11) is 0. The van der Waals surface area contributed by atoms with Crippen LogP contribution in [0.3, 0.4) is 0 Å². The molecule has 0 amide bonds. The van der Waals surface area contributed by atoms with Crippen LogP contribution in [0, 0.1) is 0 Å². The van der Waals surface area contributed by atoms with E-state index in [0.717, 1.165) is 56.6 Å². The molecule has 0 atom stereocenters. The second-order valence-corrected chi connectivity index (χ2v) is 16.6. The Kier molecular flexibility index (Phi) is 9.81. The Hall–Kier alpha value is -8.86. The molecule has 0 aliphatic heterocycles. The van der Waals surface area contributed by atoms with Crippen molar-refractivity contribution in [3.05, 3.63) is 266 Å². The third kappa shape index (κ3) is 6.98.